The van der Waals surface area contributed by atoms with Gasteiger partial charge in [-0.05, 0) is 45.5 Å². The molecule has 1 atom stereocenters. The summed E-state index contributed by atoms with van der Waals surface area (Å²) in [5, 5.41) is 17.6. The molecule has 1 unspecified atom stereocenters. The molecule has 10 nitrogen and oxygen atoms in total. The van der Waals surface area contributed by atoms with Crippen LogP contribution in [0.15, 0.2) is 36.4 Å². The van der Waals surface area contributed by atoms with E-state index in [0.717, 1.165) is 17.1 Å². The lowest BCUT2D eigenvalue weighted by Crippen LogP contribution is -2.49. The molecular weight excluding hydrogens is 442 g/mol. The Hall–Kier alpha value is -2.86. The summed E-state index contributed by atoms with van der Waals surface area (Å²) in [7, 11) is 1.68. The lowest BCUT2D eigenvalue weighted by molar-refractivity contribution is 0.0785. The fourth-order valence-corrected chi connectivity index (χ4v) is 4.55. The molecule has 0 spiro atoms. The molecule has 0 saturated carbocycles. The topological polar surface area (TPSA) is 115 Å². The molecule has 3 aromatic rings. The molecule has 1 amide bonds. The second kappa shape index (κ2) is 9.18. The van der Waals surface area contributed by atoms with E-state index in [9.17, 15) is 14.1 Å². The van der Waals surface area contributed by atoms with Crippen LogP contribution < -0.4 is 14.9 Å². The molecule has 0 bridgehead atoms. The number of fused-ring (bicyclic) bond motifs is 1. The highest BCUT2D eigenvalue weighted by molar-refractivity contribution is 7.80. The first-order valence-corrected chi connectivity index (χ1v) is 11.9. The molecular formula is C22H29N7O3S. The Morgan fingerprint density at radius 1 is 1.12 bits per heavy atom. The molecule has 1 aliphatic rings. The van der Waals surface area contributed by atoms with Crippen molar-refractivity contribution in [3.05, 3.63) is 53.2 Å². The van der Waals surface area contributed by atoms with E-state index in [2.05, 4.69) is 25.0 Å². The van der Waals surface area contributed by atoms with Gasteiger partial charge >= 0.3 is 0 Å². The van der Waals surface area contributed by atoms with E-state index in [1.165, 1.54) is 0 Å². The molecule has 0 aliphatic carbocycles. The number of aliphatic hydroxyl groups is 1. The number of rotatable bonds is 6. The fourth-order valence-electron chi connectivity index (χ4n) is 3.79. The summed E-state index contributed by atoms with van der Waals surface area (Å²) in [4.78, 5) is 19.6. The lowest BCUT2D eigenvalue weighted by Gasteiger charge is -2.34. The molecule has 2 aromatic heterocycles. The first-order chi connectivity index (χ1) is 15.7. The minimum atomic E-state index is -1.20. The van der Waals surface area contributed by atoms with Crippen molar-refractivity contribution >= 4 is 34.4 Å². The van der Waals surface area contributed by atoms with Gasteiger partial charge in [0, 0.05) is 43.9 Å². The van der Waals surface area contributed by atoms with E-state index in [-0.39, 0.29) is 5.91 Å². The zero-order valence-corrected chi connectivity index (χ0v) is 20.0. The summed E-state index contributed by atoms with van der Waals surface area (Å²) in [5.74, 6) is 0.955. The molecule has 1 aromatic carbocycles. The first kappa shape index (κ1) is 23.3. The van der Waals surface area contributed by atoms with Gasteiger partial charge in [-0.25, -0.2) is 18.2 Å². The first-order valence-electron chi connectivity index (χ1n) is 10.8. The lowest BCUT2D eigenvalue weighted by atomic mass is 9.97. The Kier molecular flexibility index (Phi) is 6.48. The van der Waals surface area contributed by atoms with Crippen LogP contribution in [0.4, 0.5) is 11.6 Å². The van der Waals surface area contributed by atoms with Gasteiger partial charge in [0.2, 0.25) is 0 Å². The SMILES string of the molecule is CNS(=O)N1CCN(c2cc(NC(=O)c3ccc(C(C)(C)O)cc3)nc3cc(C)nn23)CC1. The normalized spacial score (nSPS) is 16.2. The van der Waals surface area contributed by atoms with Crippen LogP contribution in [0.5, 0.6) is 0 Å². The Balaban J connectivity index is 1.58. The minimum Gasteiger partial charge on any atom is -0.386 e. The zero-order valence-electron chi connectivity index (χ0n) is 19.2. The van der Waals surface area contributed by atoms with Gasteiger partial charge in [-0.1, -0.05) is 12.1 Å². The zero-order chi connectivity index (χ0) is 23.8. The van der Waals surface area contributed by atoms with Crippen LogP contribution in [0, 0.1) is 6.92 Å². The van der Waals surface area contributed by atoms with Crippen LogP contribution in [0.1, 0.15) is 35.5 Å². The average Bonchev–Trinajstić information content (AvgIpc) is 3.17. The molecule has 1 aliphatic heterocycles. The van der Waals surface area contributed by atoms with Crippen LogP contribution in [0.25, 0.3) is 5.65 Å². The number of hydrogen-bond acceptors (Lipinski definition) is 6. The number of benzene rings is 1. The van der Waals surface area contributed by atoms with E-state index >= 15 is 0 Å². The number of piperazine rings is 1. The molecule has 0 radical (unpaired) electrons. The second-order valence-electron chi connectivity index (χ2n) is 8.52. The van der Waals surface area contributed by atoms with Crippen molar-refractivity contribution in [3.63, 3.8) is 0 Å². The van der Waals surface area contributed by atoms with Crippen molar-refractivity contribution < 1.29 is 14.1 Å². The Morgan fingerprint density at radius 3 is 2.39 bits per heavy atom. The van der Waals surface area contributed by atoms with Crippen LogP contribution in [-0.2, 0) is 16.8 Å². The van der Waals surface area contributed by atoms with Crippen LogP contribution in [0.3, 0.4) is 0 Å². The highest BCUT2D eigenvalue weighted by Crippen LogP contribution is 2.24. The van der Waals surface area contributed by atoms with E-state index in [4.69, 9.17) is 0 Å². The third-order valence-corrected chi connectivity index (χ3v) is 6.78. The largest absolute Gasteiger partial charge is 0.386 e. The number of nitrogens with zero attached hydrogens (tertiary/aromatic N) is 5. The molecule has 1 fully saturated rings. The van der Waals surface area contributed by atoms with Crippen molar-refractivity contribution in [1.29, 1.82) is 0 Å². The standard InChI is InChI=1S/C22H29N7O3S/c1-15-13-19-24-18(25-21(30)16-5-7-17(8-6-16)22(2,3)31)14-20(29(19)26-15)27-9-11-28(12-10-27)33(32)23-4/h5-8,13-14,23,31H,9-12H2,1-4H3,(H,24,25,30). The summed E-state index contributed by atoms with van der Waals surface area (Å²) in [6.45, 7) is 7.89. The number of nitrogens with one attached hydrogen (secondary N) is 2. The van der Waals surface area contributed by atoms with E-state index in [1.807, 2.05) is 23.4 Å². The monoisotopic (exact) mass is 471 g/mol. The Bertz CT molecular complexity index is 1180. The highest BCUT2D eigenvalue weighted by Gasteiger charge is 2.24. The predicted molar refractivity (Wildman–Crippen MR) is 128 cm³/mol. The van der Waals surface area contributed by atoms with Gasteiger partial charge in [-0.2, -0.15) is 9.61 Å². The molecule has 3 N–H and O–H groups in total. The maximum Gasteiger partial charge on any atom is 0.256 e. The minimum absolute atomic E-state index is 0.287. The molecule has 176 valence electrons. The smallest absolute Gasteiger partial charge is 0.256 e. The van der Waals surface area contributed by atoms with Crippen LogP contribution in [-0.4, -0.2) is 67.4 Å². The molecule has 3 heterocycles. The van der Waals surface area contributed by atoms with E-state index in [1.54, 1.807) is 49.7 Å². The second-order valence-corrected chi connectivity index (χ2v) is 9.94. The average molecular weight is 472 g/mol. The number of hydrogen-bond donors (Lipinski definition) is 3. The highest BCUT2D eigenvalue weighted by atomic mass is 32.2. The molecule has 33 heavy (non-hydrogen) atoms. The summed E-state index contributed by atoms with van der Waals surface area (Å²) in [6.07, 6.45) is 0. The van der Waals surface area contributed by atoms with Gasteiger partial charge < -0.3 is 15.3 Å². The number of aryl methyl sites for hydroxylation is 1. The van der Waals surface area contributed by atoms with Crippen molar-refractivity contribution in [1.82, 2.24) is 23.6 Å². The van der Waals surface area contributed by atoms with Crippen molar-refractivity contribution in [3.8, 4) is 0 Å². The van der Waals surface area contributed by atoms with Gasteiger partial charge in [0.25, 0.3) is 5.91 Å². The summed E-state index contributed by atoms with van der Waals surface area (Å²) < 4.78 is 18.5. The quantitative estimate of drug-likeness (QED) is 0.501. The summed E-state index contributed by atoms with van der Waals surface area (Å²) in [5.41, 5.74) is 1.69. The fraction of sp³-hybridized carbons (Fsp3) is 0.409. The van der Waals surface area contributed by atoms with Crippen molar-refractivity contribution in [2.24, 2.45) is 0 Å². The summed E-state index contributed by atoms with van der Waals surface area (Å²) in [6, 6.07) is 10.5. The molecule has 4 rings (SSSR count). The van der Waals surface area contributed by atoms with E-state index < -0.39 is 16.8 Å². The van der Waals surface area contributed by atoms with Crippen LogP contribution >= 0.6 is 0 Å². The molecule has 1 saturated heterocycles. The van der Waals surface area contributed by atoms with Crippen molar-refractivity contribution in [2.75, 3.05) is 43.4 Å². The number of anilines is 2. The maximum absolute atomic E-state index is 12.9. The van der Waals surface area contributed by atoms with Crippen molar-refractivity contribution in [2.45, 2.75) is 26.4 Å². The number of carbonyl (C=O) groups is 1. The van der Waals surface area contributed by atoms with Gasteiger partial charge in [0.1, 0.15) is 11.6 Å². The van der Waals surface area contributed by atoms with Gasteiger partial charge in [0.05, 0.1) is 11.3 Å². The Labute approximate surface area is 195 Å². The Morgan fingerprint density at radius 2 is 1.79 bits per heavy atom. The predicted octanol–water partition coefficient (Wildman–Crippen LogP) is 1.44. The van der Waals surface area contributed by atoms with Gasteiger partial charge in [-0.3, -0.25) is 4.79 Å². The molecule has 11 heteroatoms. The number of aromatic nitrogens is 3. The number of amides is 1. The third-order valence-electron chi connectivity index (χ3n) is 5.60. The third kappa shape index (κ3) is 5.06. The van der Waals surface area contributed by atoms with Gasteiger partial charge in [0.15, 0.2) is 16.8 Å². The number of carbonyl (C=O) groups excluding carboxylic acids is 1. The maximum atomic E-state index is 12.9. The van der Waals surface area contributed by atoms with E-state index in [0.29, 0.717) is 43.2 Å². The van der Waals surface area contributed by atoms with Gasteiger partial charge in [-0.15, -0.1) is 0 Å². The summed E-state index contributed by atoms with van der Waals surface area (Å²) >= 11 is -1.20. The van der Waals surface area contributed by atoms with Crippen LogP contribution in [0.2, 0.25) is 0 Å².